The van der Waals surface area contributed by atoms with Crippen LogP contribution in [0.3, 0.4) is 0 Å². The zero-order valence-electron chi connectivity index (χ0n) is 8.48. The Balaban J connectivity index is 0.000000165. The van der Waals surface area contributed by atoms with Crippen LogP contribution in [0.25, 0.3) is 10.4 Å². The Morgan fingerprint density at radius 3 is 2.19 bits per heavy atom. The summed E-state index contributed by atoms with van der Waals surface area (Å²) in [7, 11) is 0. The van der Waals surface area contributed by atoms with E-state index in [9.17, 15) is 0 Å². The third-order valence-corrected chi connectivity index (χ3v) is 3.12. The zero-order valence-corrected chi connectivity index (χ0v) is 10.1. The molecule has 0 spiro atoms. The number of azide groups is 1. The number of hydrogen-bond donors (Lipinski definition) is 1. The minimum atomic E-state index is 0.170. The van der Waals surface area contributed by atoms with Gasteiger partial charge in [-0.05, 0) is 50.3 Å². The van der Waals surface area contributed by atoms with Gasteiger partial charge in [0, 0.05) is 4.91 Å². The first-order valence-corrected chi connectivity index (χ1v) is 6.39. The van der Waals surface area contributed by atoms with E-state index in [0.717, 1.165) is 11.1 Å². The van der Waals surface area contributed by atoms with Crippen LogP contribution in [-0.4, -0.2) is 5.11 Å². The van der Waals surface area contributed by atoms with Gasteiger partial charge in [0.1, 0.15) is 0 Å². The molecule has 0 saturated heterocycles. The second-order valence-corrected chi connectivity index (χ2v) is 4.37. The number of hydrogen-bond acceptors (Lipinski definition) is 4. The molecule has 0 radical (unpaired) electrons. The van der Waals surface area contributed by atoms with Crippen molar-refractivity contribution in [1.82, 2.24) is 0 Å². The number of rotatable bonds is 3. The molecule has 2 aromatic rings. The van der Waals surface area contributed by atoms with E-state index in [-0.39, 0.29) is 6.61 Å². The van der Waals surface area contributed by atoms with Gasteiger partial charge >= 0.3 is 0 Å². The van der Waals surface area contributed by atoms with Crippen LogP contribution in [0, 0.1) is 0 Å². The predicted octanol–water partition coefficient (Wildman–Crippen LogP) is 3.80. The Morgan fingerprint density at radius 2 is 1.81 bits per heavy atom. The monoisotopic (exact) mass is 253 g/mol. The highest BCUT2D eigenvalue weighted by Gasteiger charge is 1.86. The largest absolute Gasteiger partial charge is 0.392 e. The summed E-state index contributed by atoms with van der Waals surface area (Å²) in [4.78, 5) is 2.64. The van der Waals surface area contributed by atoms with Crippen molar-refractivity contribution in [2.75, 3.05) is 0 Å². The Labute approximate surface area is 101 Å². The summed E-state index contributed by atoms with van der Waals surface area (Å²) in [6, 6.07) is 3.85. The van der Waals surface area contributed by atoms with E-state index in [4.69, 9.17) is 10.6 Å². The molecule has 0 atom stereocenters. The van der Waals surface area contributed by atoms with E-state index in [0.29, 0.717) is 6.54 Å². The standard InChI is InChI=1S/C5H5N3S.C5H6OS/c6-8-7-3-5-1-2-9-4-5;6-3-5-1-2-7-4-5/h1-2,4H,3H2;1-2,4,6H,3H2. The first-order valence-electron chi connectivity index (χ1n) is 4.50. The molecule has 84 valence electrons. The van der Waals surface area contributed by atoms with Crippen LogP contribution in [0.5, 0.6) is 0 Å². The van der Waals surface area contributed by atoms with E-state index in [1.54, 1.807) is 22.7 Å². The van der Waals surface area contributed by atoms with Gasteiger partial charge in [-0.1, -0.05) is 5.11 Å². The maximum Gasteiger partial charge on any atom is 0.0689 e. The van der Waals surface area contributed by atoms with Crippen LogP contribution in [0.15, 0.2) is 38.8 Å². The number of thiophene rings is 2. The summed E-state index contributed by atoms with van der Waals surface area (Å²) in [5, 5.41) is 19.6. The molecule has 0 fully saturated rings. The van der Waals surface area contributed by atoms with E-state index < -0.39 is 0 Å². The van der Waals surface area contributed by atoms with Crippen LogP contribution in [0.1, 0.15) is 11.1 Å². The maximum absolute atomic E-state index is 8.43. The second-order valence-electron chi connectivity index (χ2n) is 2.81. The summed E-state index contributed by atoms with van der Waals surface area (Å²) in [6.45, 7) is 0.642. The molecule has 0 aliphatic rings. The fraction of sp³-hybridized carbons (Fsp3) is 0.200. The van der Waals surface area contributed by atoms with Crippen molar-refractivity contribution in [1.29, 1.82) is 0 Å². The Hall–Kier alpha value is -1.33. The fourth-order valence-corrected chi connectivity index (χ4v) is 2.20. The highest BCUT2D eigenvalue weighted by Crippen LogP contribution is 2.06. The summed E-state index contributed by atoms with van der Waals surface area (Å²) in [5.41, 5.74) is 10.0. The first kappa shape index (κ1) is 12.7. The lowest BCUT2D eigenvalue weighted by molar-refractivity contribution is 0.282. The molecule has 0 aromatic carbocycles. The molecule has 4 nitrogen and oxygen atoms in total. The summed E-state index contributed by atoms with van der Waals surface area (Å²) < 4.78 is 0. The molecule has 6 heteroatoms. The first-order chi connectivity index (χ1) is 7.86. The van der Waals surface area contributed by atoms with Crippen molar-refractivity contribution >= 4 is 22.7 Å². The molecule has 0 saturated carbocycles. The topological polar surface area (TPSA) is 69.0 Å². The van der Waals surface area contributed by atoms with Crippen LogP contribution in [0.2, 0.25) is 0 Å². The smallest absolute Gasteiger partial charge is 0.0689 e. The highest BCUT2D eigenvalue weighted by molar-refractivity contribution is 7.08. The van der Waals surface area contributed by atoms with Gasteiger partial charge in [-0.15, -0.1) is 0 Å². The Kier molecular flexibility index (Phi) is 6.29. The predicted molar refractivity (Wildman–Crippen MR) is 67.4 cm³/mol. The molecular weight excluding hydrogens is 242 g/mol. The highest BCUT2D eigenvalue weighted by atomic mass is 32.1. The van der Waals surface area contributed by atoms with E-state index in [2.05, 4.69) is 10.0 Å². The third kappa shape index (κ3) is 4.95. The molecule has 2 aromatic heterocycles. The van der Waals surface area contributed by atoms with Gasteiger partial charge in [0.25, 0.3) is 0 Å². The van der Waals surface area contributed by atoms with Crippen molar-refractivity contribution in [3.05, 3.63) is 55.2 Å². The van der Waals surface area contributed by atoms with Crippen LogP contribution < -0.4 is 0 Å². The molecule has 1 N–H and O–H groups in total. The lowest BCUT2D eigenvalue weighted by atomic mass is 10.4. The van der Waals surface area contributed by atoms with Crippen molar-refractivity contribution < 1.29 is 5.11 Å². The van der Waals surface area contributed by atoms with Crippen molar-refractivity contribution in [3.63, 3.8) is 0 Å². The van der Waals surface area contributed by atoms with Crippen LogP contribution in [0.4, 0.5) is 0 Å². The van der Waals surface area contributed by atoms with Crippen molar-refractivity contribution in [2.24, 2.45) is 5.11 Å². The lowest BCUT2D eigenvalue weighted by Gasteiger charge is -1.80. The van der Waals surface area contributed by atoms with Crippen molar-refractivity contribution in [3.8, 4) is 0 Å². The zero-order chi connectivity index (χ0) is 11.6. The van der Waals surface area contributed by atoms with Crippen molar-refractivity contribution in [2.45, 2.75) is 13.2 Å². The normalized spacial score (nSPS) is 8.81. The minimum absolute atomic E-state index is 0.170. The lowest BCUT2D eigenvalue weighted by Crippen LogP contribution is -1.71. The summed E-state index contributed by atoms with van der Waals surface area (Å²) in [6.07, 6.45) is 0. The van der Waals surface area contributed by atoms with Gasteiger partial charge in [-0.2, -0.15) is 22.7 Å². The van der Waals surface area contributed by atoms with E-state index in [1.165, 1.54) is 0 Å². The number of aliphatic hydroxyl groups excluding tert-OH is 1. The molecule has 0 unspecified atom stereocenters. The third-order valence-electron chi connectivity index (χ3n) is 1.66. The molecule has 0 bridgehead atoms. The number of nitrogens with zero attached hydrogens (tertiary/aromatic N) is 3. The van der Waals surface area contributed by atoms with Gasteiger partial charge in [-0.25, -0.2) is 0 Å². The summed E-state index contributed by atoms with van der Waals surface area (Å²) >= 11 is 3.21. The minimum Gasteiger partial charge on any atom is -0.392 e. The van der Waals surface area contributed by atoms with Gasteiger partial charge in [0.05, 0.1) is 13.2 Å². The maximum atomic E-state index is 8.43. The molecular formula is C10H11N3OS2. The molecule has 0 aliphatic heterocycles. The SMILES string of the molecule is OCc1ccsc1.[N-]=[N+]=NCc1ccsc1. The summed E-state index contributed by atoms with van der Waals surface area (Å²) in [5.74, 6) is 0. The Bertz CT molecular complexity index is 419. The molecule has 2 heterocycles. The molecule has 0 aliphatic carbocycles. The van der Waals surface area contributed by atoms with E-state index >= 15 is 0 Å². The van der Waals surface area contributed by atoms with Gasteiger partial charge in [0.15, 0.2) is 0 Å². The quantitative estimate of drug-likeness (QED) is 0.504. The fourth-order valence-electron chi connectivity index (χ4n) is 0.879. The van der Waals surface area contributed by atoms with Gasteiger partial charge < -0.3 is 5.11 Å². The Morgan fingerprint density at radius 1 is 1.19 bits per heavy atom. The molecule has 0 amide bonds. The average molecular weight is 253 g/mol. The van der Waals surface area contributed by atoms with Gasteiger partial charge in [-0.3, -0.25) is 0 Å². The average Bonchev–Trinajstić information content (AvgIpc) is 3.00. The number of aliphatic hydroxyl groups is 1. The van der Waals surface area contributed by atoms with Gasteiger partial charge in [0.2, 0.25) is 0 Å². The van der Waals surface area contributed by atoms with Crippen LogP contribution >= 0.6 is 22.7 Å². The molecule has 2 rings (SSSR count). The second kappa shape index (κ2) is 7.90. The van der Waals surface area contributed by atoms with E-state index in [1.807, 2.05) is 33.7 Å². The molecule has 16 heavy (non-hydrogen) atoms. The van der Waals surface area contributed by atoms with Crippen LogP contribution in [-0.2, 0) is 13.2 Å².